The standard InChI is InChI=1S/C7H12N4O2/c1-11-9-4-6(10-11)5(8)3-7(12)13-2/h4-5H,3,8H2,1-2H3. The van der Waals surface area contributed by atoms with Crippen LogP contribution in [0.2, 0.25) is 0 Å². The molecule has 0 aliphatic heterocycles. The zero-order valence-corrected chi connectivity index (χ0v) is 7.60. The van der Waals surface area contributed by atoms with Crippen molar-refractivity contribution >= 4 is 5.97 Å². The van der Waals surface area contributed by atoms with Crippen molar-refractivity contribution in [3.05, 3.63) is 11.9 Å². The molecule has 0 aliphatic rings. The molecule has 1 aromatic heterocycles. The number of nitrogens with two attached hydrogens (primary N) is 1. The largest absolute Gasteiger partial charge is 0.469 e. The van der Waals surface area contributed by atoms with E-state index in [-0.39, 0.29) is 12.4 Å². The third-order valence-electron chi connectivity index (χ3n) is 1.61. The lowest BCUT2D eigenvalue weighted by atomic mass is 10.2. The summed E-state index contributed by atoms with van der Waals surface area (Å²) >= 11 is 0. The van der Waals surface area contributed by atoms with Crippen molar-refractivity contribution in [1.82, 2.24) is 15.0 Å². The van der Waals surface area contributed by atoms with E-state index in [4.69, 9.17) is 5.73 Å². The smallest absolute Gasteiger partial charge is 0.307 e. The average molecular weight is 184 g/mol. The molecule has 0 aromatic carbocycles. The third-order valence-corrected chi connectivity index (χ3v) is 1.61. The Hall–Kier alpha value is -1.43. The second kappa shape index (κ2) is 3.99. The van der Waals surface area contributed by atoms with Crippen molar-refractivity contribution in [2.45, 2.75) is 12.5 Å². The van der Waals surface area contributed by atoms with Gasteiger partial charge in [0.1, 0.15) is 0 Å². The van der Waals surface area contributed by atoms with Crippen molar-refractivity contribution < 1.29 is 9.53 Å². The van der Waals surface area contributed by atoms with Crippen molar-refractivity contribution in [2.24, 2.45) is 12.8 Å². The number of aromatic nitrogens is 3. The number of hydrogen-bond acceptors (Lipinski definition) is 5. The zero-order chi connectivity index (χ0) is 9.84. The molecule has 13 heavy (non-hydrogen) atoms. The van der Waals surface area contributed by atoms with Crippen LogP contribution in [0.15, 0.2) is 6.20 Å². The fourth-order valence-corrected chi connectivity index (χ4v) is 0.899. The Morgan fingerprint density at radius 2 is 2.54 bits per heavy atom. The van der Waals surface area contributed by atoms with Gasteiger partial charge in [-0.1, -0.05) is 0 Å². The molecule has 0 aliphatic carbocycles. The number of carbonyl (C=O) groups is 1. The fraction of sp³-hybridized carbons (Fsp3) is 0.571. The van der Waals surface area contributed by atoms with E-state index in [1.165, 1.54) is 18.1 Å². The molecule has 0 fully saturated rings. The van der Waals surface area contributed by atoms with E-state index < -0.39 is 6.04 Å². The van der Waals surface area contributed by atoms with E-state index in [1.54, 1.807) is 7.05 Å². The van der Waals surface area contributed by atoms with Crippen LogP contribution < -0.4 is 5.73 Å². The van der Waals surface area contributed by atoms with Crippen LogP contribution in [-0.4, -0.2) is 28.1 Å². The maximum atomic E-state index is 10.8. The molecule has 2 N–H and O–H groups in total. The van der Waals surface area contributed by atoms with Gasteiger partial charge < -0.3 is 10.5 Å². The highest BCUT2D eigenvalue weighted by Crippen LogP contribution is 2.09. The average Bonchev–Trinajstić information content (AvgIpc) is 2.51. The molecule has 0 saturated heterocycles. The highest BCUT2D eigenvalue weighted by Gasteiger charge is 2.14. The van der Waals surface area contributed by atoms with Crippen molar-refractivity contribution in [3.63, 3.8) is 0 Å². The Bertz CT molecular complexity index is 296. The van der Waals surface area contributed by atoms with Gasteiger partial charge in [0.25, 0.3) is 0 Å². The molecule has 6 nitrogen and oxygen atoms in total. The summed E-state index contributed by atoms with van der Waals surface area (Å²) in [6, 6.07) is -0.443. The number of carbonyl (C=O) groups excluding carboxylic acids is 1. The molecule has 0 spiro atoms. The van der Waals surface area contributed by atoms with Crippen molar-refractivity contribution in [1.29, 1.82) is 0 Å². The van der Waals surface area contributed by atoms with E-state index in [0.717, 1.165) is 0 Å². The van der Waals surface area contributed by atoms with Gasteiger partial charge in [-0.05, 0) is 0 Å². The number of nitrogens with zero attached hydrogens (tertiary/aromatic N) is 3. The fourth-order valence-electron chi connectivity index (χ4n) is 0.899. The maximum absolute atomic E-state index is 10.8. The van der Waals surface area contributed by atoms with E-state index in [2.05, 4.69) is 14.9 Å². The Kier molecular flexibility index (Phi) is 2.97. The first-order valence-corrected chi connectivity index (χ1v) is 3.82. The van der Waals surface area contributed by atoms with Gasteiger partial charge in [-0.3, -0.25) is 4.79 Å². The van der Waals surface area contributed by atoms with E-state index in [1.807, 2.05) is 0 Å². The van der Waals surface area contributed by atoms with Gasteiger partial charge in [-0.25, -0.2) is 0 Å². The summed E-state index contributed by atoms with van der Waals surface area (Å²) in [7, 11) is 3.01. The molecule has 72 valence electrons. The lowest BCUT2D eigenvalue weighted by Crippen LogP contribution is -2.17. The number of aryl methyl sites for hydroxylation is 1. The molecular formula is C7H12N4O2. The van der Waals surface area contributed by atoms with Gasteiger partial charge in [-0.2, -0.15) is 15.0 Å². The Balaban J connectivity index is 2.58. The SMILES string of the molecule is COC(=O)CC(N)c1cnn(C)n1. The molecule has 1 rings (SSSR count). The van der Waals surface area contributed by atoms with Crippen molar-refractivity contribution in [3.8, 4) is 0 Å². The van der Waals surface area contributed by atoms with Crippen LogP contribution in [0.1, 0.15) is 18.2 Å². The van der Waals surface area contributed by atoms with E-state index >= 15 is 0 Å². The summed E-state index contributed by atoms with van der Waals surface area (Å²) in [5.74, 6) is -0.349. The number of methoxy groups -OCH3 is 1. The molecule has 0 saturated carbocycles. The van der Waals surface area contributed by atoms with Crippen LogP contribution in [0.3, 0.4) is 0 Å². The molecule has 1 atom stereocenters. The number of esters is 1. The van der Waals surface area contributed by atoms with Gasteiger partial charge in [0, 0.05) is 7.05 Å². The monoisotopic (exact) mass is 184 g/mol. The quantitative estimate of drug-likeness (QED) is 0.633. The highest BCUT2D eigenvalue weighted by atomic mass is 16.5. The first kappa shape index (κ1) is 9.66. The molecule has 1 unspecified atom stereocenters. The predicted octanol–water partition coefficient (Wildman–Crippen LogP) is -0.622. The van der Waals surface area contributed by atoms with Crippen LogP contribution in [0.4, 0.5) is 0 Å². The van der Waals surface area contributed by atoms with Crippen LogP contribution >= 0.6 is 0 Å². The summed E-state index contributed by atoms with van der Waals surface area (Å²) in [6.07, 6.45) is 1.66. The van der Waals surface area contributed by atoms with E-state index in [9.17, 15) is 4.79 Å². The summed E-state index contributed by atoms with van der Waals surface area (Å²) in [6.45, 7) is 0. The van der Waals surface area contributed by atoms with Crippen LogP contribution in [0.5, 0.6) is 0 Å². The molecule has 6 heteroatoms. The van der Waals surface area contributed by atoms with Crippen LogP contribution in [0, 0.1) is 0 Å². The first-order chi connectivity index (χ1) is 6.13. The summed E-state index contributed by atoms with van der Waals surface area (Å²) in [5, 5.41) is 7.81. The van der Waals surface area contributed by atoms with Gasteiger partial charge in [-0.15, -0.1) is 0 Å². The number of rotatable bonds is 3. The maximum Gasteiger partial charge on any atom is 0.307 e. The minimum atomic E-state index is -0.443. The zero-order valence-electron chi connectivity index (χ0n) is 7.60. The third kappa shape index (κ3) is 2.51. The molecule has 1 aromatic rings. The van der Waals surface area contributed by atoms with Crippen molar-refractivity contribution in [2.75, 3.05) is 7.11 Å². The first-order valence-electron chi connectivity index (χ1n) is 3.82. The van der Waals surface area contributed by atoms with Gasteiger partial charge in [0.15, 0.2) is 0 Å². The summed E-state index contributed by atoms with van der Waals surface area (Å²) < 4.78 is 4.48. The summed E-state index contributed by atoms with van der Waals surface area (Å²) in [4.78, 5) is 12.2. The minimum Gasteiger partial charge on any atom is -0.469 e. The molecule has 0 amide bonds. The lowest BCUT2D eigenvalue weighted by Gasteiger charge is -2.05. The second-order valence-electron chi connectivity index (χ2n) is 2.65. The highest BCUT2D eigenvalue weighted by molar-refractivity contribution is 5.70. The van der Waals surface area contributed by atoms with E-state index in [0.29, 0.717) is 5.69 Å². The minimum absolute atomic E-state index is 0.120. The molecule has 0 bridgehead atoms. The van der Waals surface area contributed by atoms with Gasteiger partial charge in [0.05, 0.1) is 31.5 Å². The normalized spacial score (nSPS) is 12.5. The predicted molar refractivity (Wildman–Crippen MR) is 44.6 cm³/mol. The lowest BCUT2D eigenvalue weighted by molar-refractivity contribution is -0.141. The van der Waals surface area contributed by atoms with Crippen LogP contribution in [0.25, 0.3) is 0 Å². The second-order valence-corrected chi connectivity index (χ2v) is 2.65. The topological polar surface area (TPSA) is 83.0 Å². The summed E-state index contributed by atoms with van der Waals surface area (Å²) in [5.41, 5.74) is 6.26. The molecule has 1 heterocycles. The molecular weight excluding hydrogens is 172 g/mol. The number of ether oxygens (including phenoxy) is 1. The molecule has 0 radical (unpaired) electrons. The Morgan fingerprint density at radius 3 is 3.00 bits per heavy atom. The number of hydrogen-bond donors (Lipinski definition) is 1. The Morgan fingerprint density at radius 1 is 1.85 bits per heavy atom. The van der Waals surface area contributed by atoms with Gasteiger partial charge in [0.2, 0.25) is 0 Å². The van der Waals surface area contributed by atoms with Gasteiger partial charge >= 0.3 is 5.97 Å². The Labute approximate surface area is 75.7 Å². The van der Waals surface area contributed by atoms with Crippen LogP contribution in [-0.2, 0) is 16.6 Å².